The Morgan fingerprint density at radius 1 is 1.56 bits per heavy atom. The molecular weight excluding hydrogens is 153 g/mol. The van der Waals surface area contributed by atoms with E-state index in [0.717, 1.165) is 0 Å². The standard InChI is InChI=1S/C3HClF2N2O/c4-3-7-2(1(5)6)8-9-3/h1H. The lowest BCUT2D eigenvalue weighted by molar-refractivity contribution is 0.136. The van der Waals surface area contributed by atoms with E-state index >= 15 is 0 Å². The lowest BCUT2D eigenvalue weighted by atomic mass is 10.7. The molecule has 0 fully saturated rings. The molecule has 6 heteroatoms. The van der Waals surface area contributed by atoms with Gasteiger partial charge < -0.3 is 4.52 Å². The Hall–Kier alpha value is -0.710. The van der Waals surface area contributed by atoms with Gasteiger partial charge in [0.15, 0.2) is 0 Å². The van der Waals surface area contributed by atoms with E-state index in [1.54, 1.807) is 0 Å². The summed E-state index contributed by atoms with van der Waals surface area (Å²) in [5.74, 6) is -0.681. The molecule has 1 aromatic rings. The van der Waals surface area contributed by atoms with Gasteiger partial charge in [0.05, 0.1) is 0 Å². The van der Waals surface area contributed by atoms with E-state index in [1.807, 2.05) is 0 Å². The van der Waals surface area contributed by atoms with Crippen LogP contribution in [0.1, 0.15) is 12.2 Å². The highest BCUT2D eigenvalue weighted by Gasteiger charge is 2.13. The summed E-state index contributed by atoms with van der Waals surface area (Å²) in [6.45, 7) is 0. The van der Waals surface area contributed by atoms with Crippen molar-refractivity contribution in [2.45, 2.75) is 6.43 Å². The average molecular weight is 155 g/mol. The second kappa shape index (κ2) is 2.26. The van der Waals surface area contributed by atoms with E-state index < -0.39 is 12.2 Å². The van der Waals surface area contributed by atoms with Crippen molar-refractivity contribution in [3.63, 3.8) is 0 Å². The molecule has 0 aliphatic rings. The van der Waals surface area contributed by atoms with Crippen LogP contribution in [-0.2, 0) is 0 Å². The zero-order valence-corrected chi connectivity index (χ0v) is 4.77. The number of rotatable bonds is 1. The Bertz CT molecular complexity index is 201. The molecule has 3 nitrogen and oxygen atoms in total. The van der Waals surface area contributed by atoms with Gasteiger partial charge in [0.25, 0.3) is 0 Å². The Morgan fingerprint density at radius 3 is 2.44 bits per heavy atom. The van der Waals surface area contributed by atoms with Crippen LogP contribution in [-0.4, -0.2) is 10.1 Å². The fraction of sp³-hybridized carbons (Fsp3) is 0.333. The van der Waals surface area contributed by atoms with Crippen molar-refractivity contribution in [3.8, 4) is 0 Å². The van der Waals surface area contributed by atoms with Gasteiger partial charge in [-0.2, -0.15) is 4.98 Å². The summed E-state index contributed by atoms with van der Waals surface area (Å²) in [4.78, 5) is 3.05. The predicted molar refractivity (Wildman–Crippen MR) is 24.3 cm³/mol. The molecule has 0 atom stereocenters. The van der Waals surface area contributed by atoms with Gasteiger partial charge in [0.2, 0.25) is 5.82 Å². The van der Waals surface area contributed by atoms with E-state index in [1.165, 1.54) is 0 Å². The molecule has 9 heavy (non-hydrogen) atoms. The summed E-state index contributed by atoms with van der Waals surface area (Å²) >= 11 is 5.03. The Labute approximate surface area is 53.6 Å². The van der Waals surface area contributed by atoms with Crippen molar-refractivity contribution >= 4 is 11.6 Å². The molecular formula is C3HClF2N2O. The summed E-state index contributed by atoms with van der Waals surface area (Å²) in [5, 5.41) is 2.48. The third-order valence-electron chi connectivity index (χ3n) is 0.612. The first-order valence-electron chi connectivity index (χ1n) is 1.97. The molecule has 0 aliphatic heterocycles. The largest absolute Gasteiger partial charge is 0.321 e. The zero-order valence-electron chi connectivity index (χ0n) is 4.01. The first-order valence-corrected chi connectivity index (χ1v) is 2.35. The van der Waals surface area contributed by atoms with Crippen molar-refractivity contribution in [2.75, 3.05) is 0 Å². The molecule has 50 valence electrons. The number of alkyl halides is 2. The van der Waals surface area contributed by atoms with Gasteiger partial charge in [-0.3, -0.25) is 0 Å². The molecule has 0 unspecified atom stereocenters. The number of hydrogen-bond donors (Lipinski definition) is 0. The van der Waals surface area contributed by atoms with Crippen molar-refractivity contribution in [3.05, 3.63) is 11.2 Å². The van der Waals surface area contributed by atoms with Crippen LogP contribution >= 0.6 is 11.6 Å². The van der Waals surface area contributed by atoms with Gasteiger partial charge in [-0.1, -0.05) is 5.16 Å². The highest BCUT2D eigenvalue weighted by atomic mass is 35.5. The van der Waals surface area contributed by atoms with Gasteiger partial charge >= 0.3 is 11.8 Å². The van der Waals surface area contributed by atoms with Crippen molar-refractivity contribution in [2.24, 2.45) is 0 Å². The molecule has 0 aromatic carbocycles. The van der Waals surface area contributed by atoms with E-state index in [0.29, 0.717) is 0 Å². The van der Waals surface area contributed by atoms with Gasteiger partial charge in [0.1, 0.15) is 0 Å². The quantitative estimate of drug-likeness (QED) is 0.618. The molecule has 0 aliphatic carbocycles. The van der Waals surface area contributed by atoms with E-state index in [9.17, 15) is 8.78 Å². The highest BCUT2D eigenvalue weighted by Crippen LogP contribution is 2.15. The van der Waals surface area contributed by atoms with Crippen LogP contribution in [0.5, 0.6) is 0 Å². The number of hydrogen-bond acceptors (Lipinski definition) is 3. The van der Waals surface area contributed by atoms with E-state index in [2.05, 4.69) is 14.7 Å². The predicted octanol–water partition coefficient (Wildman–Crippen LogP) is 1.66. The van der Waals surface area contributed by atoms with E-state index in [4.69, 9.17) is 11.6 Å². The third-order valence-corrected chi connectivity index (χ3v) is 0.766. The normalized spacial score (nSPS) is 10.7. The van der Waals surface area contributed by atoms with Gasteiger partial charge in [-0.25, -0.2) is 8.78 Å². The maximum atomic E-state index is 11.5. The van der Waals surface area contributed by atoms with Gasteiger partial charge in [0, 0.05) is 0 Å². The first kappa shape index (κ1) is 6.41. The molecule has 0 saturated heterocycles. The maximum Gasteiger partial charge on any atom is 0.320 e. The summed E-state index contributed by atoms with van der Waals surface area (Å²) in [5.41, 5.74) is 0. The molecule has 0 spiro atoms. The number of halogens is 3. The molecule has 0 saturated carbocycles. The summed E-state index contributed by atoms with van der Waals surface area (Å²) < 4.78 is 27.1. The number of aromatic nitrogens is 2. The summed E-state index contributed by atoms with van der Waals surface area (Å²) in [6, 6.07) is 0. The molecule has 0 radical (unpaired) electrons. The minimum atomic E-state index is -2.72. The maximum absolute atomic E-state index is 11.5. The first-order chi connectivity index (χ1) is 4.20. The molecule has 0 N–H and O–H groups in total. The lowest BCUT2D eigenvalue weighted by Crippen LogP contribution is -1.84. The second-order valence-corrected chi connectivity index (χ2v) is 1.53. The summed E-state index contributed by atoms with van der Waals surface area (Å²) in [6.07, 6.45) is -2.72. The van der Waals surface area contributed by atoms with Gasteiger partial charge in [-0.05, 0) is 11.6 Å². The smallest absolute Gasteiger partial charge is 0.320 e. The Balaban J connectivity index is 2.85. The Morgan fingerprint density at radius 2 is 2.22 bits per heavy atom. The fourth-order valence-corrected chi connectivity index (χ4v) is 0.425. The molecule has 0 amide bonds. The molecule has 1 rings (SSSR count). The zero-order chi connectivity index (χ0) is 6.85. The summed E-state index contributed by atoms with van der Waals surface area (Å²) in [7, 11) is 0. The van der Waals surface area contributed by atoms with Crippen LogP contribution in [0.3, 0.4) is 0 Å². The minimum Gasteiger partial charge on any atom is -0.321 e. The van der Waals surface area contributed by atoms with Crippen LogP contribution in [0.4, 0.5) is 8.78 Å². The average Bonchev–Trinajstić information content (AvgIpc) is 2.14. The van der Waals surface area contributed by atoms with Crippen molar-refractivity contribution in [1.29, 1.82) is 0 Å². The van der Waals surface area contributed by atoms with Crippen LogP contribution in [0, 0.1) is 0 Å². The topological polar surface area (TPSA) is 38.9 Å². The van der Waals surface area contributed by atoms with Crippen molar-refractivity contribution in [1.82, 2.24) is 10.1 Å². The molecule has 1 heterocycles. The van der Waals surface area contributed by atoms with Crippen LogP contribution in [0.15, 0.2) is 4.52 Å². The highest BCUT2D eigenvalue weighted by molar-refractivity contribution is 6.27. The minimum absolute atomic E-state index is 0.370. The monoisotopic (exact) mass is 154 g/mol. The molecule has 0 bridgehead atoms. The lowest BCUT2D eigenvalue weighted by Gasteiger charge is -1.82. The van der Waals surface area contributed by atoms with Crippen molar-refractivity contribution < 1.29 is 13.3 Å². The second-order valence-electron chi connectivity index (χ2n) is 1.21. The molecule has 1 aromatic heterocycles. The number of nitrogens with zero attached hydrogens (tertiary/aromatic N) is 2. The van der Waals surface area contributed by atoms with Crippen LogP contribution in [0.25, 0.3) is 0 Å². The fourth-order valence-electron chi connectivity index (χ4n) is 0.304. The van der Waals surface area contributed by atoms with Crippen LogP contribution < -0.4 is 0 Å². The van der Waals surface area contributed by atoms with Gasteiger partial charge in [-0.15, -0.1) is 0 Å². The third kappa shape index (κ3) is 1.35. The van der Waals surface area contributed by atoms with E-state index in [-0.39, 0.29) is 5.35 Å². The van der Waals surface area contributed by atoms with Crippen LogP contribution in [0.2, 0.25) is 5.35 Å². The SMILES string of the molecule is FC(F)c1noc(Cl)n1. The Kier molecular flexibility index (Phi) is 1.61.